The molecule has 0 saturated heterocycles. The van der Waals surface area contributed by atoms with Crippen molar-refractivity contribution in [3.63, 3.8) is 0 Å². The third-order valence-electron chi connectivity index (χ3n) is 3.22. The number of hydrogen-bond donors (Lipinski definition) is 1. The highest BCUT2D eigenvalue weighted by atomic mass is 14.9. The van der Waals surface area contributed by atoms with Crippen LogP contribution in [0.25, 0.3) is 16.8 Å². The molecule has 1 heteroatoms. The van der Waals surface area contributed by atoms with Crippen LogP contribution in [0.1, 0.15) is 17.2 Å². The van der Waals surface area contributed by atoms with Gasteiger partial charge in [-0.15, -0.1) is 0 Å². The topological polar surface area (TPSA) is 12.0 Å². The standard InChI is InChI=1S/C13H9N/c1-2-8-4-6-11-10-5-7-12(14-11)9(3-1)13(8)10/h1-7,12,14H. The van der Waals surface area contributed by atoms with E-state index < -0.39 is 0 Å². The molecule has 1 aliphatic carbocycles. The van der Waals surface area contributed by atoms with E-state index in [0.717, 1.165) is 0 Å². The van der Waals surface area contributed by atoms with Crippen LogP contribution in [0.3, 0.4) is 0 Å². The Bertz CT molecular complexity index is 581. The summed E-state index contributed by atoms with van der Waals surface area (Å²) < 4.78 is 0. The summed E-state index contributed by atoms with van der Waals surface area (Å²) in [4.78, 5) is 0. The van der Waals surface area contributed by atoms with Crippen LogP contribution in [0, 0.1) is 0 Å². The van der Waals surface area contributed by atoms with Crippen LogP contribution in [0.5, 0.6) is 0 Å². The predicted octanol–water partition coefficient (Wildman–Crippen LogP) is 3.33. The SMILES string of the molecule is C1=CC2Nc3ccc4cccc2c4c31. The summed E-state index contributed by atoms with van der Waals surface area (Å²) >= 11 is 0. The maximum Gasteiger partial charge on any atom is 0.0707 e. The molecule has 4 bridgehead atoms. The van der Waals surface area contributed by atoms with Crippen molar-refractivity contribution in [2.75, 3.05) is 5.32 Å². The second kappa shape index (κ2) is 2.01. The summed E-state index contributed by atoms with van der Waals surface area (Å²) in [5.41, 5.74) is 4.07. The number of anilines is 1. The second-order valence-corrected chi connectivity index (χ2v) is 3.95. The highest BCUT2D eigenvalue weighted by Crippen LogP contribution is 2.43. The average molecular weight is 179 g/mol. The molecule has 2 aliphatic heterocycles. The van der Waals surface area contributed by atoms with E-state index >= 15 is 0 Å². The molecule has 1 atom stereocenters. The largest absolute Gasteiger partial charge is 0.374 e. The molecule has 5 rings (SSSR count). The molecule has 0 amide bonds. The fourth-order valence-corrected chi connectivity index (χ4v) is 2.58. The zero-order valence-electron chi connectivity index (χ0n) is 7.62. The molecule has 1 unspecified atom stereocenters. The lowest BCUT2D eigenvalue weighted by Crippen LogP contribution is -2.17. The molecule has 2 aromatic carbocycles. The highest BCUT2D eigenvalue weighted by Gasteiger charge is 2.24. The van der Waals surface area contributed by atoms with Crippen molar-refractivity contribution >= 4 is 22.5 Å². The van der Waals surface area contributed by atoms with Gasteiger partial charge in [-0.05, 0) is 22.4 Å². The number of rotatable bonds is 0. The van der Waals surface area contributed by atoms with E-state index in [1.807, 2.05) is 0 Å². The van der Waals surface area contributed by atoms with E-state index in [9.17, 15) is 0 Å². The van der Waals surface area contributed by atoms with E-state index in [1.54, 1.807) is 0 Å². The van der Waals surface area contributed by atoms with Gasteiger partial charge < -0.3 is 5.32 Å². The Balaban J connectivity index is 2.38. The maximum atomic E-state index is 3.51. The normalized spacial score (nSPS) is 20.4. The number of hydrogen-bond acceptors (Lipinski definition) is 1. The van der Waals surface area contributed by atoms with Crippen molar-refractivity contribution in [3.05, 3.63) is 47.5 Å². The smallest absolute Gasteiger partial charge is 0.0707 e. The second-order valence-electron chi connectivity index (χ2n) is 3.95. The van der Waals surface area contributed by atoms with Crippen molar-refractivity contribution < 1.29 is 0 Å². The minimum absolute atomic E-state index is 0.391. The van der Waals surface area contributed by atoms with Crippen LogP contribution in [0.2, 0.25) is 0 Å². The Morgan fingerprint density at radius 1 is 1.07 bits per heavy atom. The lowest BCUT2D eigenvalue weighted by Gasteiger charge is -2.31. The van der Waals surface area contributed by atoms with Crippen molar-refractivity contribution in [1.29, 1.82) is 0 Å². The average Bonchev–Trinajstić information content (AvgIpc) is 2.28. The Morgan fingerprint density at radius 2 is 2.07 bits per heavy atom. The van der Waals surface area contributed by atoms with Gasteiger partial charge in [0.15, 0.2) is 0 Å². The van der Waals surface area contributed by atoms with Gasteiger partial charge in [0.2, 0.25) is 0 Å². The van der Waals surface area contributed by atoms with Gasteiger partial charge in [-0.2, -0.15) is 0 Å². The lowest BCUT2D eigenvalue weighted by atomic mass is 9.85. The van der Waals surface area contributed by atoms with Crippen LogP contribution in [0.15, 0.2) is 36.4 Å². The van der Waals surface area contributed by atoms with Gasteiger partial charge in [0, 0.05) is 11.3 Å². The molecule has 0 fully saturated rings. The van der Waals surface area contributed by atoms with E-state index in [4.69, 9.17) is 0 Å². The third-order valence-corrected chi connectivity index (χ3v) is 3.22. The zero-order chi connectivity index (χ0) is 9.12. The molecular weight excluding hydrogens is 170 g/mol. The Morgan fingerprint density at radius 3 is 3.07 bits per heavy atom. The summed E-state index contributed by atoms with van der Waals surface area (Å²) in [6, 6.07) is 11.3. The molecule has 2 aromatic rings. The van der Waals surface area contributed by atoms with E-state index in [-0.39, 0.29) is 0 Å². The zero-order valence-corrected chi connectivity index (χ0v) is 7.62. The molecule has 0 saturated carbocycles. The summed E-state index contributed by atoms with van der Waals surface area (Å²) in [6.07, 6.45) is 4.48. The summed E-state index contributed by atoms with van der Waals surface area (Å²) in [6.45, 7) is 0. The first-order valence-corrected chi connectivity index (χ1v) is 4.94. The Hall–Kier alpha value is -1.76. The first-order valence-electron chi connectivity index (χ1n) is 4.94. The molecule has 0 radical (unpaired) electrons. The van der Waals surface area contributed by atoms with E-state index in [0.29, 0.717) is 6.04 Å². The van der Waals surface area contributed by atoms with Gasteiger partial charge in [-0.25, -0.2) is 0 Å². The van der Waals surface area contributed by atoms with Gasteiger partial charge in [0.1, 0.15) is 0 Å². The molecule has 14 heavy (non-hydrogen) atoms. The predicted molar refractivity (Wildman–Crippen MR) is 59.3 cm³/mol. The van der Waals surface area contributed by atoms with Crippen LogP contribution in [0.4, 0.5) is 5.69 Å². The lowest BCUT2D eigenvalue weighted by molar-refractivity contribution is 0.975. The fraction of sp³-hybridized carbons (Fsp3) is 0.0769. The molecule has 0 aromatic heterocycles. The highest BCUT2D eigenvalue weighted by molar-refractivity contribution is 6.02. The van der Waals surface area contributed by atoms with Crippen molar-refractivity contribution in [3.8, 4) is 0 Å². The fourth-order valence-electron chi connectivity index (χ4n) is 2.58. The Labute approximate surface area is 82.1 Å². The van der Waals surface area contributed by atoms with Crippen LogP contribution >= 0.6 is 0 Å². The number of benzene rings is 2. The number of nitrogens with one attached hydrogen (secondary N) is 1. The quantitative estimate of drug-likeness (QED) is 0.654. The minimum atomic E-state index is 0.391. The Kier molecular flexibility index (Phi) is 0.954. The van der Waals surface area contributed by atoms with Crippen molar-refractivity contribution in [1.82, 2.24) is 0 Å². The summed E-state index contributed by atoms with van der Waals surface area (Å²) in [5, 5.41) is 6.31. The van der Waals surface area contributed by atoms with Gasteiger partial charge in [-0.3, -0.25) is 0 Å². The van der Waals surface area contributed by atoms with Crippen LogP contribution < -0.4 is 5.32 Å². The molecular formula is C13H9N. The van der Waals surface area contributed by atoms with Gasteiger partial charge in [0.25, 0.3) is 0 Å². The molecule has 0 spiro atoms. The van der Waals surface area contributed by atoms with Crippen molar-refractivity contribution in [2.24, 2.45) is 0 Å². The van der Waals surface area contributed by atoms with Gasteiger partial charge in [0.05, 0.1) is 6.04 Å². The van der Waals surface area contributed by atoms with Crippen LogP contribution in [-0.4, -0.2) is 0 Å². The molecule has 66 valence electrons. The summed E-state index contributed by atoms with van der Waals surface area (Å²) in [7, 11) is 0. The van der Waals surface area contributed by atoms with E-state index in [1.165, 1.54) is 27.6 Å². The molecule has 2 heterocycles. The monoisotopic (exact) mass is 179 g/mol. The summed E-state index contributed by atoms with van der Waals surface area (Å²) in [5.74, 6) is 0. The van der Waals surface area contributed by atoms with Crippen molar-refractivity contribution in [2.45, 2.75) is 6.04 Å². The third kappa shape index (κ3) is 0.598. The van der Waals surface area contributed by atoms with Gasteiger partial charge >= 0.3 is 0 Å². The first kappa shape index (κ1) is 6.66. The first-order chi connectivity index (χ1) is 6.93. The molecule has 1 nitrogen and oxygen atoms in total. The van der Waals surface area contributed by atoms with Crippen LogP contribution in [-0.2, 0) is 0 Å². The minimum Gasteiger partial charge on any atom is -0.374 e. The molecule has 3 aliphatic rings. The van der Waals surface area contributed by atoms with E-state index in [2.05, 4.69) is 47.8 Å². The van der Waals surface area contributed by atoms with Gasteiger partial charge in [-0.1, -0.05) is 36.4 Å². The molecule has 1 N–H and O–H groups in total. The maximum absolute atomic E-state index is 3.51.